The van der Waals surface area contributed by atoms with E-state index in [4.69, 9.17) is 9.84 Å². The molecule has 1 rings (SSSR count). The molecule has 15 heavy (non-hydrogen) atoms. The molecule has 0 heterocycles. The lowest BCUT2D eigenvalue weighted by molar-refractivity contribution is 0.181. The number of ether oxygens (including phenoxy) is 1. The highest BCUT2D eigenvalue weighted by Gasteiger charge is 2.03. The number of aliphatic hydroxyl groups is 1. The van der Waals surface area contributed by atoms with Gasteiger partial charge >= 0.3 is 0 Å². The molecule has 84 valence electrons. The molecule has 0 amide bonds. The molecule has 2 nitrogen and oxygen atoms in total. The first-order chi connectivity index (χ1) is 7.13. The molecule has 0 unspecified atom stereocenters. The number of aliphatic hydroxyl groups excluding tert-OH is 1. The Balaban J connectivity index is 2.60. The monoisotopic (exact) mass is 208 g/mol. The average Bonchev–Trinajstić information content (AvgIpc) is 2.19. The maximum atomic E-state index is 9.17. The Kier molecular flexibility index (Phi) is 4.63. The summed E-state index contributed by atoms with van der Waals surface area (Å²) in [5.41, 5.74) is 2.44. The predicted octanol–water partition coefficient (Wildman–Crippen LogP) is 2.71. The van der Waals surface area contributed by atoms with Gasteiger partial charge < -0.3 is 9.84 Å². The third-order valence-corrected chi connectivity index (χ3v) is 2.51. The fraction of sp³-hybridized carbons (Fsp3) is 0.538. The summed E-state index contributed by atoms with van der Waals surface area (Å²) in [6, 6.07) is 6.26. The zero-order valence-corrected chi connectivity index (χ0v) is 9.79. The quantitative estimate of drug-likeness (QED) is 0.806. The highest BCUT2D eigenvalue weighted by molar-refractivity contribution is 5.37. The number of rotatable bonds is 5. The minimum Gasteiger partial charge on any atom is -0.496 e. The Morgan fingerprint density at radius 3 is 2.73 bits per heavy atom. The van der Waals surface area contributed by atoms with Gasteiger partial charge in [-0.1, -0.05) is 12.1 Å². The van der Waals surface area contributed by atoms with E-state index >= 15 is 0 Å². The number of aryl methyl sites for hydroxylation is 2. The van der Waals surface area contributed by atoms with Gasteiger partial charge in [-0.2, -0.15) is 0 Å². The number of benzene rings is 1. The SMILES string of the molecule is COc1cc(C)ccc1CCC[C@@H](C)O. The molecule has 0 radical (unpaired) electrons. The third-order valence-electron chi connectivity index (χ3n) is 2.51. The van der Waals surface area contributed by atoms with Crippen molar-refractivity contribution in [2.24, 2.45) is 0 Å². The lowest BCUT2D eigenvalue weighted by Crippen LogP contribution is -2.00. The van der Waals surface area contributed by atoms with Gasteiger partial charge in [0.15, 0.2) is 0 Å². The topological polar surface area (TPSA) is 29.5 Å². The maximum Gasteiger partial charge on any atom is 0.122 e. The van der Waals surface area contributed by atoms with Crippen LogP contribution in [0.15, 0.2) is 18.2 Å². The molecule has 0 saturated carbocycles. The van der Waals surface area contributed by atoms with E-state index in [1.807, 2.05) is 6.92 Å². The van der Waals surface area contributed by atoms with E-state index in [1.165, 1.54) is 11.1 Å². The van der Waals surface area contributed by atoms with Crippen LogP contribution in [0.25, 0.3) is 0 Å². The fourth-order valence-corrected chi connectivity index (χ4v) is 1.65. The summed E-state index contributed by atoms with van der Waals surface area (Å²) < 4.78 is 5.32. The number of hydrogen-bond acceptors (Lipinski definition) is 2. The van der Waals surface area contributed by atoms with Crippen molar-refractivity contribution in [2.75, 3.05) is 7.11 Å². The molecule has 1 N–H and O–H groups in total. The fourth-order valence-electron chi connectivity index (χ4n) is 1.65. The molecule has 0 fully saturated rings. The first kappa shape index (κ1) is 12.1. The van der Waals surface area contributed by atoms with E-state index in [2.05, 4.69) is 25.1 Å². The molecule has 0 aromatic heterocycles. The van der Waals surface area contributed by atoms with E-state index in [-0.39, 0.29) is 6.10 Å². The summed E-state index contributed by atoms with van der Waals surface area (Å²) in [5, 5.41) is 9.17. The predicted molar refractivity (Wildman–Crippen MR) is 62.3 cm³/mol. The molecule has 0 bridgehead atoms. The molecule has 1 atom stereocenters. The Morgan fingerprint density at radius 2 is 2.13 bits per heavy atom. The van der Waals surface area contributed by atoms with Crippen LogP contribution in [0.1, 0.15) is 30.9 Å². The van der Waals surface area contributed by atoms with E-state index in [0.717, 1.165) is 25.0 Å². The van der Waals surface area contributed by atoms with E-state index in [9.17, 15) is 0 Å². The van der Waals surface area contributed by atoms with Gasteiger partial charge in [0.25, 0.3) is 0 Å². The van der Waals surface area contributed by atoms with Crippen LogP contribution in [0.4, 0.5) is 0 Å². The van der Waals surface area contributed by atoms with Crippen LogP contribution in [0, 0.1) is 6.92 Å². The molecule has 0 aliphatic heterocycles. The average molecular weight is 208 g/mol. The minimum absolute atomic E-state index is 0.207. The largest absolute Gasteiger partial charge is 0.496 e. The molecule has 1 aromatic carbocycles. The maximum absolute atomic E-state index is 9.17. The van der Waals surface area contributed by atoms with E-state index in [1.54, 1.807) is 7.11 Å². The Bertz CT molecular complexity index is 305. The van der Waals surface area contributed by atoms with Gasteiger partial charge in [0.05, 0.1) is 13.2 Å². The summed E-state index contributed by atoms with van der Waals surface area (Å²) >= 11 is 0. The highest BCUT2D eigenvalue weighted by Crippen LogP contribution is 2.21. The Labute approximate surface area is 91.9 Å². The van der Waals surface area contributed by atoms with Gasteiger partial charge in [0, 0.05) is 0 Å². The van der Waals surface area contributed by atoms with Crippen molar-refractivity contribution in [3.63, 3.8) is 0 Å². The van der Waals surface area contributed by atoms with Crippen LogP contribution in [-0.2, 0) is 6.42 Å². The van der Waals surface area contributed by atoms with Gasteiger partial charge in [-0.15, -0.1) is 0 Å². The Morgan fingerprint density at radius 1 is 1.40 bits per heavy atom. The number of methoxy groups -OCH3 is 1. The summed E-state index contributed by atoms with van der Waals surface area (Å²) in [7, 11) is 1.70. The van der Waals surface area contributed by atoms with Crippen LogP contribution in [0.3, 0.4) is 0 Å². The van der Waals surface area contributed by atoms with Crippen LogP contribution in [0.5, 0.6) is 5.75 Å². The molecule has 0 aliphatic carbocycles. The second-order valence-corrected chi connectivity index (χ2v) is 4.06. The number of hydrogen-bond donors (Lipinski definition) is 1. The standard InChI is InChI=1S/C13H20O2/c1-10-7-8-12(13(9-10)15-3)6-4-5-11(2)14/h7-9,11,14H,4-6H2,1-3H3/t11-/m1/s1. The zero-order valence-electron chi connectivity index (χ0n) is 9.79. The first-order valence-electron chi connectivity index (χ1n) is 5.45. The lowest BCUT2D eigenvalue weighted by atomic mass is 10.0. The molecular formula is C13H20O2. The van der Waals surface area contributed by atoms with Crippen molar-refractivity contribution in [3.8, 4) is 5.75 Å². The van der Waals surface area contributed by atoms with Gasteiger partial charge in [-0.05, 0) is 50.3 Å². The molecular weight excluding hydrogens is 188 g/mol. The van der Waals surface area contributed by atoms with Crippen LogP contribution in [0.2, 0.25) is 0 Å². The van der Waals surface area contributed by atoms with Gasteiger partial charge in [-0.3, -0.25) is 0 Å². The second-order valence-electron chi connectivity index (χ2n) is 4.06. The summed E-state index contributed by atoms with van der Waals surface area (Å²) in [4.78, 5) is 0. The Hall–Kier alpha value is -1.02. The van der Waals surface area contributed by atoms with Crippen molar-refractivity contribution < 1.29 is 9.84 Å². The van der Waals surface area contributed by atoms with Gasteiger partial charge in [0.1, 0.15) is 5.75 Å². The molecule has 2 heteroatoms. The van der Waals surface area contributed by atoms with Gasteiger partial charge in [-0.25, -0.2) is 0 Å². The van der Waals surface area contributed by atoms with Crippen LogP contribution in [-0.4, -0.2) is 18.3 Å². The van der Waals surface area contributed by atoms with E-state index < -0.39 is 0 Å². The van der Waals surface area contributed by atoms with Crippen LogP contribution >= 0.6 is 0 Å². The van der Waals surface area contributed by atoms with Crippen molar-refractivity contribution >= 4 is 0 Å². The smallest absolute Gasteiger partial charge is 0.122 e. The van der Waals surface area contributed by atoms with Crippen molar-refractivity contribution in [1.82, 2.24) is 0 Å². The minimum atomic E-state index is -0.207. The van der Waals surface area contributed by atoms with Crippen LogP contribution < -0.4 is 4.74 Å². The second kappa shape index (κ2) is 5.76. The molecule has 1 aromatic rings. The molecule has 0 aliphatic rings. The summed E-state index contributed by atoms with van der Waals surface area (Å²) in [6.07, 6.45) is 2.60. The summed E-state index contributed by atoms with van der Waals surface area (Å²) in [5.74, 6) is 0.959. The normalized spacial score (nSPS) is 12.5. The van der Waals surface area contributed by atoms with E-state index in [0.29, 0.717) is 0 Å². The summed E-state index contributed by atoms with van der Waals surface area (Å²) in [6.45, 7) is 3.88. The molecule has 0 spiro atoms. The first-order valence-corrected chi connectivity index (χ1v) is 5.45. The molecule has 0 saturated heterocycles. The van der Waals surface area contributed by atoms with Crippen molar-refractivity contribution in [1.29, 1.82) is 0 Å². The zero-order chi connectivity index (χ0) is 11.3. The van der Waals surface area contributed by atoms with Crippen molar-refractivity contribution in [2.45, 2.75) is 39.2 Å². The third kappa shape index (κ3) is 3.92. The lowest BCUT2D eigenvalue weighted by Gasteiger charge is -2.09. The van der Waals surface area contributed by atoms with Crippen molar-refractivity contribution in [3.05, 3.63) is 29.3 Å². The highest BCUT2D eigenvalue weighted by atomic mass is 16.5. The van der Waals surface area contributed by atoms with Gasteiger partial charge in [0.2, 0.25) is 0 Å².